The van der Waals surface area contributed by atoms with E-state index < -0.39 is 24.3 Å². The molecule has 2 aromatic rings. The first-order valence-electron chi connectivity index (χ1n) is 11.3. The molecule has 33 heavy (non-hydrogen) atoms. The van der Waals surface area contributed by atoms with E-state index in [4.69, 9.17) is 9.47 Å². The summed E-state index contributed by atoms with van der Waals surface area (Å²) in [5, 5.41) is 10.6. The van der Waals surface area contributed by atoms with Gasteiger partial charge in [-0.15, -0.1) is 0 Å². The van der Waals surface area contributed by atoms with Crippen LogP contribution in [0.4, 0.5) is 0 Å². The Morgan fingerprint density at radius 3 is 2.21 bits per heavy atom. The van der Waals surface area contributed by atoms with Gasteiger partial charge >= 0.3 is 0 Å². The smallest absolute Gasteiger partial charge is 0.224 e. The maximum Gasteiger partial charge on any atom is 0.224 e. The first-order valence-corrected chi connectivity index (χ1v) is 11.3. The number of ether oxygens (including phenoxy) is 2. The second-order valence-corrected chi connectivity index (χ2v) is 7.89. The fourth-order valence-electron chi connectivity index (χ4n) is 3.68. The molecule has 3 rings (SSSR count). The van der Waals surface area contributed by atoms with Crippen molar-refractivity contribution in [2.24, 2.45) is 0 Å². The van der Waals surface area contributed by atoms with Gasteiger partial charge in [-0.2, -0.15) is 0 Å². The molecule has 1 saturated heterocycles. The minimum atomic E-state index is -1.16. The van der Waals surface area contributed by atoms with Gasteiger partial charge in [0.2, 0.25) is 11.7 Å². The lowest BCUT2D eigenvalue weighted by Gasteiger charge is -2.35. The van der Waals surface area contributed by atoms with E-state index in [1.807, 2.05) is 79.4 Å². The molecule has 0 bridgehead atoms. The Morgan fingerprint density at radius 1 is 1.03 bits per heavy atom. The lowest BCUT2D eigenvalue weighted by atomic mass is 10.0. The standard InChI is InChI=1S/C26H32N2O5/c1-4-27(5-2)17-22(28(19(3)29)16-20-12-8-6-9-13-20)24(31)25-23(30)18-32-26(33-25)21-14-10-7-11-15-21/h6-15,17,23,25-26,30H,4-5,16,18H2,1-3H3/b22-17-/t23-,25-,26-/m1/s1. The Labute approximate surface area is 195 Å². The molecule has 0 radical (unpaired) electrons. The van der Waals surface area contributed by atoms with Crippen LogP contribution >= 0.6 is 0 Å². The summed E-state index contributed by atoms with van der Waals surface area (Å²) in [6, 6.07) is 18.7. The zero-order valence-corrected chi connectivity index (χ0v) is 19.4. The number of ketones is 1. The molecule has 1 heterocycles. The number of benzene rings is 2. The molecular weight excluding hydrogens is 420 g/mol. The van der Waals surface area contributed by atoms with Crippen molar-refractivity contribution in [1.82, 2.24) is 9.80 Å². The van der Waals surface area contributed by atoms with E-state index in [0.717, 1.165) is 11.1 Å². The van der Waals surface area contributed by atoms with Gasteiger partial charge in [-0.05, 0) is 19.4 Å². The molecule has 2 aromatic carbocycles. The molecule has 1 fully saturated rings. The molecule has 0 saturated carbocycles. The van der Waals surface area contributed by atoms with Crippen molar-refractivity contribution in [3.05, 3.63) is 83.7 Å². The average Bonchev–Trinajstić information content (AvgIpc) is 2.85. The molecule has 1 amide bonds. The highest BCUT2D eigenvalue weighted by Gasteiger charge is 2.39. The molecular formula is C26H32N2O5. The predicted octanol–water partition coefficient (Wildman–Crippen LogP) is 3.26. The first kappa shape index (κ1) is 24.6. The van der Waals surface area contributed by atoms with Gasteiger partial charge < -0.3 is 24.4 Å². The van der Waals surface area contributed by atoms with Gasteiger partial charge in [-0.1, -0.05) is 60.7 Å². The zero-order valence-electron chi connectivity index (χ0n) is 19.4. The van der Waals surface area contributed by atoms with Gasteiger partial charge in [0, 0.05) is 31.8 Å². The summed E-state index contributed by atoms with van der Waals surface area (Å²) in [6.07, 6.45) is -1.40. The van der Waals surface area contributed by atoms with Gasteiger partial charge in [-0.3, -0.25) is 9.59 Å². The predicted molar refractivity (Wildman–Crippen MR) is 125 cm³/mol. The van der Waals surface area contributed by atoms with Gasteiger partial charge in [-0.25, -0.2) is 0 Å². The van der Waals surface area contributed by atoms with Crippen molar-refractivity contribution in [2.75, 3.05) is 19.7 Å². The molecule has 7 nitrogen and oxygen atoms in total. The van der Waals surface area contributed by atoms with Crippen molar-refractivity contribution < 1.29 is 24.2 Å². The number of aliphatic hydroxyl groups is 1. The van der Waals surface area contributed by atoms with Crippen LogP contribution in [0.15, 0.2) is 72.6 Å². The van der Waals surface area contributed by atoms with E-state index in [9.17, 15) is 14.7 Å². The number of hydrogen-bond donors (Lipinski definition) is 1. The summed E-state index contributed by atoms with van der Waals surface area (Å²) in [7, 11) is 0. The molecule has 0 aliphatic carbocycles. The minimum absolute atomic E-state index is 0.0483. The van der Waals surface area contributed by atoms with Crippen LogP contribution in [-0.4, -0.2) is 58.5 Å². The SMILES string of the molecule is CCN(/C=C(/C(=O)[C@@H]1O[C@H](c2ccccc2)OC[C@H]1O)N(Cc1ccccc1)C(C)=O)CC. The number of amides is 1. The molecule has 7 heteroatoms. The molecule has 1 aliphatic heterocycles. The van der Waals surface area contributed by atoms with Crippen LogP contribution in [0.2, 0.25) is 0 Å². The number of Topliss-reactive ketones (excluding diaryl/α,β-unsaturated/α-hetero) is 1. The lowest BCUT2D eigenvalue weighted by Crippen LogP contribution is -2.48. The van der Waals surface area contributed by atoms with Crippen molar-refractivity contribution in [1.29, 1.82) is 0 Å². The summed E-state index contributed by atoms with van der Waals surface area (Å²) in [5.41, 5.74) is 1.83. The average molecular weight is 453 g/mol. The highest BCUT2D eigenvalue weighted by atomic mass is 16.7. The van der Waals surface area contributed by atoms with E-state index in [1.165, 1.54) is 11.8 Å². The molecule has 1 aliphatic rings. The van der Waals surface area contributed by atoms with Crippen LogP contribution in [0.5, 0.6) is 0 Å². The third kappa shape index (κ3) is 6.28. The molecule has 176 valence electrons. The van der Waals surface area contributed by atoms with E-state index in [-0.39, 0.29) is 24.8 Å². The fourth-order valence-corrected chi connectivity index (χ4v) is 3.68. The maximum atomic E-state index is 13.8. The van der Waals surface area contributed by atoms with Gasteiger partial charge in [0.1, 0.15) is 11.8 Å². The van der Waals surface area contributed by atoms with Gasteiger partial charge in [0.05, 0.1) is 13.2 Å². The van der Waals surface area contributed by atoms with Crippen LogP contribution in [0.1, 0.15) is 38.2 Å². The highest BCUT2D eigenvalue weighted by Crippen LogP contribution is 2.29. The Bertz CT molecular complexity index is 944. The summed E-state index contributed by atoms with van der Waals surface area (Å²) >= 11 is 0. The number of rotatable bonds is 9. The quantitative estimate of drug-likeness (QED) is 0.589. The van der Waals surface area contributed by atoms with E-state index in [1.54, 1.807) is 6.20 Å². The van der Waals surface area contributed by atoms with E-state index >= 15 is 0 Å². The summed E-state index contributed by atoms with van der Waals surface area (Å²) in [4.78, 5) is 29.8. The van der Waals surface area contributed by atoms with Crippen molar-refractivity contribution in [2.45, 2.75) is 45.8 Å². The van der Waals surface area contributed by atoms with E-state index in [2.05, 4.69) is 0 Å². The van der Waals surface area contributed by atoms with E-state index in [0.29, 0.717) is 13.1 Å². The monoisotopic (exact) mass is 452 g/mol. The highest BCUT2D eigenvalue weighted by molar-refractivity contribution is 6.01. The number of carbonyl (C=O) groups is 2. The summed E-state index contributed by atoms with van der Waals surface area (Å²) in [5.74, 6) is -0.725. The number of carbonyl (C=O) groups excluding carboxylic acids is 2. The van der Waals surface area contributed by atoms with Crippen LogP contribution in [0.3, 0.4) is 0 Å². The maximum absolute atomic E-state index is 13.8. The van der Waals surface area contributed by atoms with Crippen molar-refractivity contribution >= 4 is 11.7 Å². The number of nitrogens with zero attached hydrogens (tertiary/aromatic N) is 2. The van der Waals surface area contributed by atoms with Crippen molar-refractivity contribution in [3.63, 3.8) is 0 Å². The van der Waals surface area contributed by atoms with Crippen LogP contribution in [0, 0.1) is 0 Å². The normalized spacial score (nSPS) is 20.8. The van der Waals surface area contributed by atoms with Gasteiger partial charge in [0.15, 0.2) is 12.4 Å². The van der Waals surface area contributed by atoms with Crippen molar-refractivity contribution in [3.8, 4) is 0 Å². The molecule has 0 unspecified atom stereocenters. The summed E-state index contributed by atoms with van der Waals surface area (Å²) < 4.78 is 11.6. The topological polar surface area (TPSA) is 79.3 Å². The molecule has 0 aromatic heterocycles. The fraction of sp³-hybridized carbons (Fsp3) is 0.385. The largest absolute Gasteiger partial charge is 0.387 e. The first-order chi connectivity index (χ1) is 15.9. The Balaban J connectivity index is 1.94. The Hall–Kier alpha value is -3.00. The second-order valence-electron chi connectivity index (χ2n) is 7.89. The molecule has 3 atom stereocenters. The Kier molecular flexibility index (Phi) is 8.77. The molecule has 0 spiro atoms. The van der Waals surface area contributed by atoms with Crippen LogP contribution in [0.25, 0.3) is 0 Å². The second kappa shape index (κ2) is 11.7. The molecule has 1 N–H and O–H groups in total. The lowest BCUT2D eigenvalue weighted by molar-refractivity contribution is -0.250. The number of hydrogen-bond acceptors (Lipinski definition) is 6. The van der Waals surface area contributed by atoms with Crippen LogP contribution < -0.4 is 0 Å². The summed E-state index contributed by atoms with van der Waals surface area (Å²) in [6.45, 7) is 6.89. The van der Waals surface area contributed by atoms with Crippen LogP contribution in [-0.2, 0) is 25.6 Å². The zero-order chi connectivity index (χ0) is 23.8. The third-order valence-electron chi connectivity index (χ3n) is 5.59. The number of aliphatic hydroxyl groups excluding tert-OH is 1. The minimum Gasteiger partial charge on any atom is -0.387 e. The van der Waals surface area contributed by atoms with Gasteiger partial charge in [0.25, 0.3) is 0 Å². The Morgan fingerprint density at radius 2 is 1.64 bits per heavy atom. The third-order valence-corrected chi connectivity index (χ3v) is 5.59.